The Morgan fingerprint density at radius 2 is 1.06 bits per heavy atom. The van der Waals surface area contributed by atoms with Crippen LogP contribution in [0.5, 0.6) is 0 Å². The zero-order valence-corrected chi connectivity index (χ0v) is 38.9. The standard InChI is InChI=1S/C48H68N8O9/c1-31-43-39(27-47(3,4)29-41(43)57)55(53-31)33-9-11-35(45(49)59)37(25-33)51-13-7-15-61-17-19-63-21-23-65-24-22-64-20-18-62-16-8-14-52-38-26-34(10-12-36(38)46(50)60)56-40-28-48(5,6)30-42(58)44(40)32(2)54-56/h9-12,25-26,45,51-52,59H,7-8,13-24,27-30,49H2,1-6H3,(H2,50,60). The molecule has 2 aromatic carbocycles. The lowest BCUT2D eigenvalue weighted by Crippen LogP contribution is -2.28. The minimum absolute atomic E-state index is 0.112. The van der Waals surface area contributed by atoms with Crippen molar-refractivity contribution < 1.29 is 43.2 Å². The van der Waals surface area contributed by atoms with Crippen LogP contribution in [0.3, 0.4) is 0 Å². The third-order valence-corrected chi connectivity index (χ3v) is 11.6. The van der Waals surface area contributed by atoms with Crippen LogP contribution in [0.4, 0.5) is 11.4 Å². The fraction of sp³-hybridized carbons (Fsp3) is 0.562. The van der Waals surface area contributed by atoms with Crippen LogP contribution < -0.4 is 22.1 Å². The summed E-state index contributed by atoms with van der Waals surface area (Å²) in [5.41, 5.74) is 19.7. The van der Waals surface area contributed by atoms with Crippen LogP contribution in [-0.4, -0.2) is 121 Å². The number of ketones is 2. The summed E-state index contributed by atoms with van der Waals surface area (Å²) < 4.78 is 32.0. The van der Waals surface area contributed by atoms with Crippen molar-refractivity contribution in [2.45, 2.75) is 86.3 Å². The zero-order chi connectivity index (χ0) is 46.7. The van der Waals surface area contributed by atoms with E-state index in [-0.39, 0.29) is 22.4 Å². The molecule has 354 valence electrons. The smallest absolute Gasteiger partial charge is 0.250 e. The van der Waals surface area contributed by atoms with E-state index < -0.39 is 12.1 Å². The van der Waals surface area contributed by atoms with E-state index in [2.05, 4.69) is 38.3 Å². The molecule has 4 aromatic rings. The summed E-state index contributed by atoms with van der Waals surface area (Å²) in [5, 5.41) is 26.3. The predicted molar refractivity (Wildman–Crippen MR) is 247 cm³/mol. The number of primary amides is 1. The topological polar surface area (TPSA) is 229 Å². The van der Waals surface area contributed by atoms with Gasteiger partial charge in [-0.2, -0.15) is 10.2 Å². The summed E-state index contributed by atoms with van der Waals surface area (Å²) in [6.07, 6.45) is 2.74. The van der Waals surface area contributed by atoms with Crippen molar-refractivity contribution in [1.29, 1.82) is 0 Å². The largest absolute Gasteiger partial charge is 0.385 e. The first-order valence-electron chi connectivity index (χ1n) is 22.7. The number of carbonyl (C=O) groups excluding carboxylic acids is 3. The Balaban J connectivity index is 0.776. The number of aromatic nitrogens is 4. The molecule has 2 aromatic heterocycles. The molecule has 65 heavy (non-hydrogen) atoms. The highest BCUT2D eigenvalue weighted by Crippen LogP contribution is 2.39. The Kier molecular flexibility index (Phi) is 17.1. The Morgan fingerprint density at radius 1 is 0.662 bits per heavy atom. The number of nitrogens with zero attached hydrogens (tertiary/aromatic N) is 4. The second kappa shape index (κ2) is 22.5. The lowest BCUT2D eigenvalue weighted by Gasteiger charge is -2.29. The van der Waals surface area contributed by atoms with E-state index in [1.165, 1.54) is 0 Å². The van der Waals surface area contributed by atoms with Crippen LogP contribution in [0.1, 0.15) is 119 Å². The number of aryl methyl sites for hydroxylation is 2. The molecule has 6 rings (SSSR count). The lowest BCUT2D eigenvalue weighted by atomic mass is 9.75. The van der Waals surface area contributed by atoms with Gasteiger partial charge in [0.05, 0.1) is 104 Å². The molecule has 0 fully saturated rings. The maximum Gasteiger partial charge on any atom is 0.250 e. The van der Waals surface area contributed by atoms with Crippen LogP contribution in [0.2, 0.25) is 0 Å². The third kappa shape index (κ3) is 13.1. The van der Waals surface area contributed by atoms with Gasteiger partial charge in [-0.15, -0.1) is 0 Å². The molecule has 0 saturated heterocycles. The fourth-order valence-electron chi connectivity index (χ4n) is 8.60. The van der Waals surface area contributed by atoms with Crippen molar-refractivity contribution in [3.8, 4) is 11.4 Å². The number of hydrogen-bond acceptors (Lipinski definition) is 14. The molecule has 7 N–H and O–H groups in total. The van der Waals surface area contributed by atoms with Crippen LogP contribution in [0.25, 0.3) is 11.4 Å². The lowest BCUT2D eigenvalue weighted by molar-refractivity contribution is -0.0110. The molecule has 1 unspecified atom stereocenters. The van der Waals surface area contributed by atoms with Gasteiger partial charge in [-0.25, -0.2) is 9.36 Å². The Bertz CT molecular complexity index is 2280. The average molecular weight is 901 g/mol. The van der Waals surface area contributed by atoms with Gasteiger partial charge in [-0.05, 0) is 80.7 Å². The van der Waals surface area contributed by atoms with Gasteiger partial charge in [0, 0.05) is 56.1 Å². The number of hydrogen-bond donors (Lipinski definition) is 5. The van der Waals surface area contributed by atoms with Crippen molar-refractivity contribution in [1.82, 2.24) is 19.6 Å². The molecule has 0 bridgehead atoms. The number of fused-ring (bicyclic) bond motifs is 2. The molecule has 2 heterocycles. The van der Waals surface area contributed by atoms with Crippen molar-refractivity contribution in [3.63, 3.8) is 0 Å². The maximum absolute atomic E-state index is 12.9. The molecule has 2 aliphatic rings. The molecular formula is C48H68N8O9. The van der Waals surface area contributed by atoms with Crippen LogP contribution in [0, 0.1) is 24.7 Å². The average Bonchev–Trinajstić information content (AvgIpc) is 3.75. The highest BCUT2D eigenvalue weighted by Gasteiger charge is 2.37. The summed E-state index contributed by atoms with van der Waals surface area (Å²) in [6.45, 7) is 17.9. The van der Waals surface area contributed by atoms with Crippen LogP contribution in [-0.2, 0) is 36.5 Å². The van der Waals surface area contributed by atoms with Gasteiger partial charge in [0.25, 0.3) is 5.91 Å². The van der Waals surface area contributed by atoms with Gasteiger partial charge < -0.3 is 50.9 Å². The van der Waals surface area contributed by atoms with Gasteiger partial charge in [0.2, 0.25) is 0 Å². The number of amides is 1. The predicted octanol–water partition coefficient (Wildman–Crippen LogP) is 5.42. The quantitative estimate of drug-likeness (QED) is 0.0392. The molecule has 0 radical (unpaired) electrons. The van der Waals surface area contributed by atoms with E-state index in [0.717, 1.165) is 47.7 Å². The van der Waals surface area contributed by atoms with E-state index in [1.54, 1.807) is 12.1 Å². The molecule has 17 nitrogen and oxygen atoms in total. The van der Waals surface area contributed by atoms with Gasteiger partial charge in [-0.1, -0.05) is 33.8 Å². The number of nitrogens with two attached hydrogens (primary N) is 2. The number of Topliss-reactive ketones (excluding diaryl/α,β-unsaturated/α-hetero) is 2. The van der Waals surface area contributed by atoms with Gasteiger partial charge in [0.1, 0.15) is 6.23 Å². The summed E-state index contributed by atoms with van der Waals surface area (Å²) in [4.78, 5) is 38.0. The SMILES string of the molecule is Cc1nn(-c2ccc(C(N)=O)c(NCCCOCCOCCOCCOCCOCCCNc3cc(-n4nc(C)c5c4CC(C)(C)CC5=O)ccc3C(N)O)c2)c2c1C(=O)CC(C)(C)C2. The van der Waals surface area contributed by atoms with Crippen LogP contribution >= 0.6 is 0 Å². The summed E-state index contributed by atoms with van der Waals surface area (Å²) >= 11 is 0. The first-order chi connectivity index (χ1) is 31.0. The summed E-state index contributed by atoms with van der Waals surface area (Å²) in [5.74, 6) is -0.293. The molecule has 1 amide bonds. The number of aliphatic hydroxyl groups is 1. The highest BCUT2D eigenvalue weighted by atomic mass is 16.6. The highest BCUT2D eigenvalue weighted by molar-refractivity contribution is 6.01. The van der Waals surface area contributed by atoms with Gasteiger partial charge in [-0.3, -0.25) is 14.4 Å². The molecule has 1 atom stereocenters. The normalized spacial score (nSPS) is 15.8. The van der Waals surface area contributed by atoms with E-state index in [9.17, 15) is 19.5 Å². The number of benzene rings is 2. The number of rotatable bonds is 26. The molecule has 0 saturated carbocycles. The number of ether oxygens (including phenoxy) is 5. The van der Waals surface area contributed by atoms with E-state index >= 15 is 0 Å². The first-order valence-corrected chi connectivity index (χ1v) is 22.7. The second-order valence-corrected chi connectivity index (χ2v) is 18.5. The first kappa shape index (κ1) is 49.4. The molecule has 17 heteroatoms. The van der Waals surface area contributed by atoms with Crippen molar-refractivity contribution >= 4 is 28.8 Å². The number of anilines is 2. The zero-order valence-electron chi connectivity index (χ0n) is 38.9. The third-order valence-electron chi connectivity index (χ3n) is 11.6. The van der Waals surface area contributed by atoms with Crippen molar-refractivity contribution in [2.75, 3.05) is 89.8 Å². The monoisotopic (exact) mass is 901 g/mol. The minimum atomic E-state index is -1.15. The minimum Gasteiger partial charge on any atom is -0.385 e. The van der Waals surface area contributed by atoms with Crippen molar-refractivity contribution in [3.05, 3.63) is 81.4 Å². The van der Waals surface area contributed by atoms with Crippen LogP contribution in [0.15, 0.2) is 36.4 Å². The summed E-state index contributed by atoms with van der Waals surface area (Å²) in [7, 11) is 0. The second-order valence-electron chi connectivity index (χ2n) is 18.5. The van der Waals surface area contributed by atoms with E-state index in [0.29, 0.717) is 138 Å². The molecule has 2 aliphatic carbocycles. The number of nitrogens with one attached hydrogen (secondary N) is 2. The summed E-state index contributed by atoms with van der Waals surface area (Å²) in [6, 6.07) is 10.9. The Hall–Kier alpha value is -5.01. The van der Waals surface area contributed by atoms with E-state index in [4.69, 9.17) is 45.3 Å². The van der Waals surface area contributed by atoms with Gasteiger partial charge >= 0.3 is 0 Å². The Labute approximate surface area is 381 Å². The number of aliphatic hydroxyl groups excluding tert-OH is 1. The Morgan fingerprint density at radius 3 is 1.49 bits per heavy atom. The number of carbonyl (C=O) groups is 3. The molecular weight excluding hydrogens is 833 g/mol. The molecule has 0 aliphatic heterocycles. The fourth-order valence-corrected chi connectivity index (χ4v) is 8.60. The molecule has 0 spiro atoms. The maximum atomic E-state index is 12.9. The van der Waals surface area contributed by atoms with E-state index in [1.807, 2.05) is 47.5 Å². The van der Waals surface area contributed by atoms with Gasteiger partial charge in [0.15, 0.2) is 11.6 Å². The van der Waals surface area contributed by atoms with Crippen molar-refractivity contribution in [2.24, 2.45) is 22.3 Å².